The van der Waals surface area contributed by atoms with Crippen molar-refractivity contribution in [1.29, 1.82) is 0 Å². The predicted octanol–water partition coefficient (Wildman–Crippen LogP) is 2.24. The first kappa shape index (κ1) is 16.2. The Morgan fingerprint density at radius 1 is 1.27 bits per heavy atom. The molecule has 0 aliphatic carbocycles. The molecule has 2 rings (SSSR count). The van der Waals surface area contributed by atoms with Crippen molar-refractivity contribution in [3.05, 3.63) is 39.3 Å². The van der Waals surface area contributed by atoms with Gasteiger partial charge in [0.2, 0.25) is 5.91 Å². The van der Waals surface area contributed by atoms with Gasteiger partial charge in [-0.25, -0.2) is 4.98 Å². The maximum absolute atomic E-state index is 12.4. The summed E-state index contributed by atoms with van der Waals surface area (Å²) in [5.74, 6) is -0.151. The molecule has 0 bridgehead atoms. The number of benzene rings is 1. The second kappa shape index (κ2) is 6.30. The third-order valence-electron chi connectivity index (χ3n) is 4.05. The van der Waals surface area contributed by atoms with Gasteiger partial charge in [-0.3, -0.25) is 14.2 Å². The van der Waals surface area contributed by atoms with Crippen LogP contribution in [-0.2, 0) is 11.3 Å². The monoisotopic (exact) mass is 301 g/mol. The van der Waals surface area contributed by atoms with E-state index in [-0.39, 0.29) is 24.1 Å². The van der Waals surface area contributed by atoms with E-state index in [9.17, 15) is 9.59 Å². The van der Waals surface area contributed by atoms with Crippen molar-refractivity contribution in [2.75, 3.05) is 0 Å². The Labute approximate surface area is 130 Å². The molecule has 1 N–H and O–H groups in total. The van der Waals surface area contributed by atoms with Gasteiger partial charge in [-0.1, -0.05) is 6.92 Å². The van der Waals surface area contributed by atoms with Crippen molar-refractivity contribution in [1.82, 2.24) is 14.9 Å². The van der Waals surface area contributed by atoms with Crippen molar-refractivity contribution < 1.29 is 4.79 Å². The third-order valence-corrected chi connectivity index (χ3v) is 4.05. The lowest BCUT2D eigenvalue weighted by atomic mass is 10.1. The summed E-state index contributed by atoms with van der Waals surface area (Å²) in [6.45, 7) is 9.66. The molecule has 1 aromatic heterocycles. The quantitative estimate of drug-likeness (QED) is 0.942. The molecule has 1 atom stereocenters. The number of nitrogens with one attached hydrogen (secondary N) is 1. The molecule has 1 heterocycles. The molecular weight excluding hydrogens is 278 g/mol. The minimum Gasteiger partial charge on any atom is -0.352 e. The van der Waals surface area contributed by atoms with Crippen LogP contribution < -0.4 is 10.9 Å². The topological polar surface area (TPSA) is 64.0 Å². The normalized spacial score (nSPS) is 12.4. The standard InChI is InChI=1S/C17H23N3O2/c1-6-12(4)18-16(21)9-20-15-8-11(3)10(2)7-14(15)19-13(5)17(20)22/h7-8,12H,6,9H2,1-5H3,(H,18,21). The number of amides is 1. The number of carbonyl (C=O) groups excluding carboxylic acids is 1. The fourth-order valence-corrected chi connectivity index (χ4v) is 2.35. The van der Waals surface area contributed by atoms with Gasteiger partial charge in [0.1, 0.15) is 12.2 Å². The molecule has 0 radical (unpaired) electrons. The van der Waals surface area contributed by atoms with E-state index in [1.165, 1.54) is 4.57 Å². The van der Waals surface area contributed by atoms with Gasteiger partial charge in [0, 0.05) is 6.04 Å². The van der Waals surface area contributed by atoms with Crippen LogP contribution in [0.3, 0.4) is 0 Å². The molecular formula is C17H23N3O2. The minimum atomic E-state index is -0.213. The second-order valence-electron chi connectivity index (χ2n) is 5.89. The fourth-order valence-electron chi connectivity index (χ4n) is 2.35. The van der Waals surface area contributed by atoms with Gasteiger partial charge in [0.25, 0.3) is 5.56 Å². The van der Waals surface area contributed by atoms with Crippen LogP contribution in [0.5, 0.6) is 0 Å². The van der Waals surface area contributed by atoms with Crippen LogP contribution in [0.25, 0.3) is 11.0 Å². The maximum atomic E-state index is 12.4. The van der Waals surface area contributed by atoms with Gasteiger partial charge in [-0.15, -0.1) is 0 Å². The van der Waals surface area contributed by atoms with Crippen molar-refractivity contribution >= 4 is 16.9 Å². The number of fused-ring (bicyclic) bond motifs is 1. The van der Waals surface area contributed by atoms with Crippen LogP contribution >= 0.6 is 0 Å². The van der Waals surface area contributed by atoms with Gasteiger partial charge in [0.15, 0.2) is 0 Å². The largest absolute Gasteiger partial charge is 0.352 e. The van der Waals surface area contributed by atoms with Gasteiger partial charge < -0.3 is 5.32 Å². The highest BCUT2D eigenvalue weighted by molar-refractivity contribution is 5.81. The third kappa shape index (κ3) is 3.18. The van der Waals surface area contributed by atoms with Crippen molar-refractivity contribution in [3.63, 3.8) is 0 Å². The molecule has 22 heavy (non-hydrogen) atoms. The van der Waals surface area contributed by atoms with E-state index in [2.05, 4.69) is 10.3 Å². The fraction of sp³-hybridized carbons (Fsp3) is 0.471. The molecule has 0 saturated heterocycles. The molecule has 5 nitrogen and oxygen atoms in total. The summed E-state index contributed by atoms with van der Waals surface area (Å²) in [5.41, 5.74) is 3.85. The zero-order chi connectivity index (χ0) is 16.4. The summed E-state index contributed by atoms with van der Waals surface area (Å²) in [4.78, 5) is 28.9. The van der Waals surface area contributed by atoms with Crippen molar-refractivity contribution in [2.24, 2.45) is 0 Å². The van der Waals surface area contributed by atoms with E-state index in [4.69, 9.17) is 0 Å². The van der Waals surface area contributed by atoms with Crippen LogP contribution in [-0.4, -0.2) is 21.5 Å². The van der Waals surface area contributed by atoms with Gasteiger partial charge in [-0.05, 0) is 57.4 Å². The summed E-state index contributed by atoms with van der Waals surface area (Å²) in [6, 6.07) is 3.98. The molecule has 5 heteroatoms. The number of carbonyl (C=O) groups is 1. The Morgan fingerprint density at radius 3 is 2.55 bits per heavy atom. The zero-order valence-corrected chi connectivity index (χ0v) is 13.9. The molecule has 1 aromatic carbocycles. The first-order valence-corrected chi connectivity index (χ1v) is 7.61. The Kier molecular flexibility index (Phi) is 4.64. The first-order valence-electron chi connectivity index (χ1n) is 7.61. The first-order chi connectivity index (χ1) is 10.3. The summed E-state index contributed by atoms with van der Waals surface area (Å²) >= 11 is 0. The van der Waals surface area contributed by atoms with Gasteiger partial charge in [0.05, 0.1) is 11.0 Å². The van der Waals surface area contributed by atoms with E-state index >= 15 is 0 Å². The SMILES string of the molecule is CCC(C)NC(=O)Cn1c(=O)c(C)nc2cc(C)c(C)cc21. The molecule has 0 spiro atoms. The number of aromatic nitrogens is 2. The highest BCUT2D eigenvalue weighted by atomic mass is 16.2. The number of aryl methyl sites for hydroxylation is 3. The average Bonchev–Trinajstić information content (AvgIpc) is 2.46. The van der Waals surface area contributed by atoms with E-state index < -0.39 is 0 Å². The summed E-state index contributed by atoms with van der Waals surface area (Å²) in [5, 5.41) is 2.90. The molecule has 1 unspecified atom stereocenters. The number of hydrogen-bond acceptors (Lipinski definition) is 3. The molecule has 0 fully saturated rings. The lowest BCUT2D eigenvalue weighted by molar-refractivity contribution is -0.122. The molecule has 0 saturated carbocycles. The van der Waals surface area contributed by atoms with E-state index in [0.717, 1.165) is 23.1 Å². The van der Waals surface area contributed by atoms with Gasteiger partial charge >= 0.3 is 0 Å². The molecule has 0 aliphatic heterocycles. The van der Waals surface area contributed by atoms with Crippen LogP contribution in [0, 0.1) is 20.8 Å². The number of nitrogens with zero attached hydrogens (tertiary/aromatic N) is 2. The summed E-state index contributed by atoms with van der Waals surface area (Å²) in [7, 11) is 0. The highest BCUT2D eigenvalue weighted by Gasteiger charge is 2.13. The Hall–Kier alpha value is -2.17. The summed E-state index contributed by atoms with van der Waals surface area (Å²) < 4.78 is 1.52. The second-order valence-corrected chi connectivity index (χ2v) is 5.89. The predicted molar refractivity (Wildman–Crippen MR) is 88.1 cm³/mol. The van der Waals surface area contributed by atoms with Crippen LogP contribution in [0.4, 0.5) is 0 Å². The van der Waals surface area contributed by atoms with Crippen molar-refractivity contribution in [2.45, 2.75) is 53.6 Å². The molecule has 2 aromatic rings. The van der Waals surface area contributed by atoms with Gasteiger partial charge in [-0.2, -0.15) is 0 Å². The Morgan fingerprint density at radius 2 is 1.91 bits per heavy atom. The maximum Gasteiger partial charge on any atom is 0.272 e. The summed E-state index contributed by atoms with van der Waals surface area (Å²) in [6.07, 6.45) is 0.856. The highest BCUT2D eigenvalue weighted by Crippen LogP contribution is 2.17. The van der Waals surface area contributed by atoms with E-state index in [0.29, 0.717) is 11.2 Å². The van der Waals surface area contributed by atoms with E-state index in [1.807, 2.05) is 39.8 Å². The Bertz CT molecular complexity index is 778. The number of hydrogen-bond donors (Lipinski definition) is 1. The lowest BCUT2D eigenvalue weighted by Gasteiger charge is -2.15. The minimum absolute atomic E-state index is 0.0194. The lowest BCUT2D eigenvalue weighted by Crippen LogP contribution is -2.37. The Balaban J connectivity index is 2.52. The number of rotatable bonds is 4. The van der Waals surface area contributed by atoms with Crippen LogP contribution in [0.15, 0.2) is 16.9 Å². The smallest absolute Gasteiger partial charge is 0.272 e. The van der Waals surface area contributed by atoms with Crippen LogP contribution in [0.1, 0.15) is 37.1 Å². The van der Waals surface area contributed by atoms with Crippen LogP contribution in [0.2, 0.25) is 0 Å². The molecule has 118 valence electrons. The average molecular weight is 301 g/mol. The molecule has 0 aliphatic rings. The molecule has 1 amide bonds. The van der Waals surface area contributed by atoms with E-state index in [1.54, 1.807) is 6.92 Å². The zero-order valence-electron chi connectivity index (χ0n) is 13.9. The van der Waals surface area contributed by atoms with Crippen molar-refractivity contribution in [3.8, 4) is 0 Å².